The molecule has 0 radical (unpaired) electrons. The average Bonchev–Trinajstić information content (AvgIpc) is 3.15. The van der Waals surface area contributed by atoms with Gasteiger partial charge in [-0.05, 0) is 30.2 Å². The summed E-state index contributed by atoms with van der Waals surface area (Å²) in [6.07, 6.45) is 3.33. The van der Waals surface area contributed by atoms with Gasteiger partial charge in [0.2, 0.25) is 0 Å². The molecule has 0 aliphatic carbocycles. The molecule has 0 saturated heterocycles. The van der Waals surface area contributed by atoms with Crippen molar-refractivity contribution in [3.63, 3.8) is 0 Å². The van der Waals surface area contributed by atoms with Crippen molar-refractivity contribution in [3.05, 3.63) is 88.0 Å². The Kier molecular flexibility index (Phi) is 4.87. The van der Waals surface area contributed by atoms with Crippen LogP contribution in [-0.2, 0) is 6.54 Å². The zero-order valence-corrected chi connectivity index (χ0v) is 16.0. The molecule has 1 N–H and O–H groups in total. The Hall–Kier alpha value is -3.87. The van der Waals surface area contributed by atoms with E-state index in [2.05, 4.69) is 10.4 Å². The first kappa shape index (κ1) is 18.5. The van der Waals surface area contributed by atoms with Crippen LogP contribution in [0.25, 0.3) is 11.0 Å². The number of aromatic nitrogens is 2. The fourth-order valence-electron chi connectivity index (χ4n) is 3.13. The molecule has 0 unspecified atom stereocenters. The zero-order valence-electron chi connectivity index (χ0n) is 16.0. The molecule has 7 heteroatoms. The number of amides is 1. The van der Waals surface area contributed by atoms with Crippen LogP contribution < -0.4 is 15.7 Å². The van der Waals surface area contributed by atoms with Gasteiger partial charge in [0.25, 0.3) is 5.91 Å². The van der Waals surface area contributed by atoms with E-state index >= 15 is 0 Å². The number of ether oxygens (including phenoxy) is 1. The normalized spacial score (nSPS) is 10.8. The maximum atomic E-state index is 12.8. The number of fused-ring (bicyclic) bond motifs is 1. The topological polar surface area (TPSA) is 86.4 Å². The fourth-order valence-corrected chi connectivity index (χ4v) is 3.13. The van der Waals surface area contributed by atoms with Crippen LogP contribution >= 0.6 is 0 Å². The highest BCUT2D eigenvalue weighted by molar-refractivity contribution is 6.12. The first-order valence-corrected chi connectivity index (χ1v) is 9.04. The molecule has 4 aromatic rings. The van der Waals surface area contributed by atoms with Gasteiger partial charge in [0.15, 0.2) is 0 Å². The molecular weight excluding hydrogens is 370 g/mol. The number of rotatable bonds is 5. The molecule has 0 aliphatic rings. The van der Waals surface area contributed by atoms with Crippen LogP contribution in [0, 0.1) is 6.92 Å². The summed E-state index contributed by atoms with van der Waals surface area (Å²) in [6.45, 7) is 2.64. The number of hydrogen-bond donors (Lipinski definition) is 1. The summed E-state index contributed by atoms with van der Waals surface area (Å²) in [5.41, 5.74) is 2.77. The van der Waals surface area contributed by atoms with Gasteiger partial charge >= 0.3 is 5.63 Å². The first-order valence-electron chi connectivity index (χ1n) is 9.04. The summed E-state index contributed by atoms with van der Waals surface area (Å²) in [5.74, 6) is 0.124. The third kappa shape index (κ3) is 3.89. The number of nitrogens with one attached hydrogen (secondary N) is 1. The highest BCUT2D eigenvalue weighted by Crippen LogP contribution is 2.23. The Morgan fingerprint density at radius 2 is 2.03 bits per heavy atom. The van der Waals surface area contributed by atoms with E-state index < -0.39 is 11.5 Å². The lowest BCUT2D eigenvalue weighted by Gasteiger charge is -2.07. The maximum Gasteiger partial charge on any atom is 0.337 e. The van der Waals surface area contributed by atoms with Crippen LogP contribution in [0.5, 0.6) is 5.75 Å². The molecule has 0 saturated carbocycles. The first-order chi connectivity index (χ1) is 14.0. The van der Waals surface area contributed by atoms with Crippen LogP contribution in [-0.4, -0.2) is 22.8 Å². The Balaban J connectivity index is 1.58. The van der Waals surface area contributed by atoms with Gasteiger partial charge in [-0.25, -0.2) is 4.79 Å². The van der Waals surface area contributed by atoms with Gasteiger partial charge in [-0.1, -0.05) is 24.3 Å². The van der Waals surface area contributed by atoms with Crippen molar-refractivity contribution >= 4 is 22.6 Å². The number of aryl methyl sites for hydroxylation is 1. The minimum Gasteiger partial charge on any atom is -0.497 e. The van der Waals surface area contributed by atoms with E-state index in [0.29, 0.717) is 23.4 Å². The second kappa shape index (κ2) is 7.63. The van der Waals surface area contributed by atoms with Crippen molar-refractivity contribution in [1.29, 1.82) is 0 Å². The lowest BCUT2D eigenvalue weighted by molar-refractivity contribution is 0.102. The quantitative estimate of drug-likeness (QED) is 0.527. The lowest BCUT2D eigenvalue weighted by atomic mass is 10.1. The minimum atomic E-state index is -0.605. The Morgan fingerprint density at radius 3 is 2.83 bits per heavy atom. The van der Waals surface area contributed by atoms with Crippen molar-refractivity contribution in [1.82, 2.24) is 9.78 Å². The maximum absolute atomic E-state index is 12.8. The van der Waals surface area contributed by atoms with Crippen LogP contribution in [0.15, 0.2) is 70.1 Å². The van der Waals surface area contributed by atoms with Gasteiger partial charge in [-0.3, -0.25) is 9.48 Å². The average molecular weight is 389 g/mol. The van der Waals surface area contributed by atoms with Crippen molar-refractivity contribution in [2.75, 3.05) is 12.4 Å². The molecule has 29 heavy (non-hydrogen) atoms. The number of anilines is 1. The minimum absolute atomic E-state index is 0.227. The number of carbonyl (C=O) groups excluding carboxylic acids is 1. The number of carbonyl (C=O) groups is 1. The predicted octanol–water partition coefficient (Wildman–Crippen LogP) is 3.61. The zero-order chi connectivity index (χ0) is 20.4. The molecule has 2 aromatic heterocycles. The molecule has 7 nitrogen and oxygen atoms in total. The Labute approximate surface area is 166 Å². The summed E-state index contributed by atoms with van der Waals surface area (Å²) in [5, 5.41) is 7.62. The largest absolute Gasteiger partial charge is 0.497 e. The summed E-state index contributed by atoms with van der Waals surface area (Å²) < 4.78 is 12.1. The standard InChI is InChI=1S/C22H19N3O4/c1-14-5-3-4-6-15(14)12-25-13-16(11-23-25)24-22(27)19-10-21(26)29-20-9-17(28-2)7-8-18(19)20/h3-11,13H,12H2,1-2H3,(H,24,27). The molecule has 2 heterocycles. The highest BCUT2D eigenvalue weighted by Gasteiger charge is 2.15. The van der Waals surface area contributed by atoms with Crippen LogP contribution in [0.4, 0.5) is 5.69 Å². The van der Waals surface area contributed by atoms with Gasteiger partial charge in [0.1, 0.15) is 11.3 Å². The van der Waals surface area contributed by atoms with E-state index in [9.17, 15) is 9.59 Å². The van der Waals surface area contributed by atoms with Gasteiger partial charge < -0.3 is 14.5 Å². The van der Waals surface area contributed by atoms with Crippen LogP contribution in [0.2, 0.25) is 0 Å². The van der Waals surface area contributed by atoms with Crippen molar-refractivity contribution in [3.8, 4) is 5.75 Å². The fraction of sp³-hybridized carbons (Fsp3) is 0.136. The molecule has 4 rings (SSSR count). The van der Waals surface area contributed by atoms with Crippen molar-refractivity contribution in [2.24, 2.45) is 0 Å². The number of hydrogen-bond acceptors (Lipinski definition) is 5. The summed E-state index contributed by atoms with van der Waals surface area (Å²) in [4.78, 5) is 24.7. The summed E-state index contributed by atoms with van der Waals surface area (Å²) in [7, 11) is 1.52. The molecule has 0 aliphatic heterocycles. The van der Waals surface area contributed by atoms with Gasteiger partial charge in [0.05, 0.1) is 31.1 Å². The Morgan fingerprint density at radius 1 is 1.21 bits per heavy atom. The molecule has 1 amide bonds. The molecule has 2 aromatic carbocycles. The van der Waals surface area contributed by atoms with E-state index in [1.807, 2.05) is 31.2 Å². The van der Waals surface area contributed by atoms with Gasteiger partial charge in [-0.15, -0.1) is 0 Å². The van der Waals surface area contributed by atoms with Crippen LogP contribution in [0.3, 0.4) is 0 Å². The second-order valence-electron chi connectivity index (χ2n) is 6.65. The van der Waals surface area contributed by atoms with E-state index in [-0.39, 0.29) is 11.1 Å². The smallest absolute Gasteiger partial charge is 0.337 e. The summed E-state index contributed by atoms with van der Waals surface area (Å²) in [6, 6.07) is 14.2. The number of methoxy groups -OCH3 is 1. The van der Waals surface area contributed by atoms with E-state index in [0.717, 1.165) is 5.56 Å². The van der Waals surface area contributed by atoms with E-state index in [1.54, 1.807) is 35.3 Å². The number of benzene rings is 2. The Bertz CT molecular complexity index is 1260. The van der Waals surface area contributed by atoms with Crippen molar-refractivity contribution < 1.29 is 13.9 Å². The molecule has 0 fully saturated rings. The van der Waals surface area contributed by atoms with Gasteiger partial charge in [-0.2, -0.15) is 5.10 Å². The summed E-state index contributed by atoms with van der Waals surface area (Å²) >= 11 is 0. The SMILES string of the molecule is COc1ccc2c(C(=O)Nc3cnn(Cc4ccccc4C)c3)cc(=O)oc2c1. The molecule has 0 spiro atoms. The third-order valence-corrected chi connectivity index (χ3v) is 4.68. The molecule has 0 bridgehead atoms. The second-order valence-corrected chi connectivity index (χ2v) is 6.65. The van der Waals surface area contributed by atoms with Crippen molar-refractivity contribution in [2.45, 2.75) is 13.5 Å². The van der Waals surface area contributed by atoms with E-state index in [4.69, 9.17) is 9.15 Å². The highest BCUT2D eigenvalue weighted by atomic mass is 16.5. The molecule has 0 atom stereocenters. The third-order valence-electron chi connectivity index (χ3n) is 4.68. The predicted molar refractivity (Wildman–Crippen MR) is 109 cm³/mol. The molecular formula is C22H19N3O4. The van der Waals surface area contributed by atoms with Crippen LogP contribution in [0.1, 0.15) is 21.5 Å². The lowest BCUT2D eigenvalue weighted by Crippen LogP contribution is -2.15. The molecule has 146 valence electrons. The monoisotopic (exact) mass is 389 g/mol. The number of nitrogens with zero attached hydrogens (tertiary/aromatic N) is 2. The van der Waals surface area contributed by atoms with Gasteiger partial charge in [0, 0.05) is 23.7 Å². The van der Waals surface area contributed by atoms with E-state index in [1.165, 1.54) is 18.7 Å².